The summed E-state index contributed by atoms with van der Waals surface area (Å²) in [6, 6.07) is 138. The SMILES string of the molecule is Brc1cccc(-n2c3ccccc3c3cc(N4c5ccccc5C5(c6ccccc64)C4CC6CC(C4)CC5C6)ccc32)c1.OB(O)c1ccccc1-n1c2ccccc2c2ccccc21.c1cc(-c2ccccc2-n2c3ccccc3c3ccccc32)cc(-n2c3ccccc3c3cc(N4c5ccccc5C5(c6ccccc64)C4CC6CC(C4)CC5C6)ccc32)c1. The predicted molar refractivity (Wildman–Crippen MR) is 525 cm³/mol. The summed E-state index contributed by atoms with van der Waals surface area (Å²) in [6.07, 6.45) is 14.1. The number of nitrogens with zero attached hydrogens (tertiary/aromatic N) is 6. The zero-order chi connectivity index (χ0) is 83.2. The molecule has 20 aromatic rings. The fraction of sp³-hybridized carbons (Fsp3) is 0.172. The number of para-hydroxylation sites is 12. The third kappa shape index (κ3) is 11.0. The van der Waals surface area contributed by atoms with Crippen molar-refractivity contribution in [2.75, 3.05) is 9.80 Å². The molecule has 2 spiro atoms. The van der Waals surface area contributed by atoms with Gasteiger partial charge in [-0.3, -0.25) is 0 Å². The number of hydrogen-bond acceptors (Lipinski definition) is 4. The van der Waals surface area contributed by atoms with Gasteiger partial charge in [0.1, 0.15) is 0 Å². The van der Waals surface area contributed by atoms with E-state index >= 15 is 0 Å². The largest absolute Gasteiger partial charge is 0.490 e. The van der Waals surface area contributed by atoms with Crippen molar-refractivity contribution in [3.8, 4) is 33.9 Å². The molecule has 8 aliphatic carbocycles. The summed E-state index contributed by atoms with van der Waals surface area (Å²) in [5.74, 6) is 6.65. The molecule has 2 N–H and O–H groups in total. The van der Waals surface area contributed by atoms with E-state index in [1.807, 2.05) is 42.5 Å². The molecule has 0 atom stereocenters. The third-order valence-corrected chi connectivity index (χ3v) is 31.8. The molecule has 0 saturated heterocycles. The van der Waals surface area contributed by atoms with Crippen molar-refractivity contribution in [1.29, 1.82) is 0 Å². The Bertz CT molecular complexity index is 7570. The van der Waals surface area contributed by atoms with E-state index in [2.05, 4.69) is 372 Å². The van der Waals surface area contributed by atoms with E-state index in [1.54, 1.807) is 28.3 Å². The van der Waals surface area contributed by atoms with Gasteiger partial charge in [0.05, 0.1) is 72.6 Å². The number of halogens is 1. The van der Waals surface area contributed by atoms with Crippen LogP contribution in [0.5, 0.6) is 0 Å². The first kappa shape index (κ1) is 74.2. The Morgan fingerprint density at radius 2 is 0.540 bits per heavy atom. The second-order valence-corrected chi connectivity index (χ2v) is 38.3. The zero-order valence-corrected chi connectivity index (χ0v) is 71.6. The summed E-state index contributed by atoms with van der Waals surface area (Å²) >= 11 is 3.70. The standard InChI is InChI=1S/C58H45N3.C40H33BrN2.C18H14BNO2/c1-7-22-51(61-53-24-9-2-17-45(53)46-18-3-10-25-54(46)61)44(16-1)39-14-13-15-42(35-39)59-52-23-8-4-19-47(52)48-36-43(28-29-55(48)59)60-56-26-11-5-20-49(56)58(50-21-6-12-27-57(50)60)40-31-37-30-38(33-40)34-41(58)32-37;41-29-8-7-9-30(23-29)42-36-13-4-1-10-32(36)33-24-31(16-17-37(33)42)43-38-14-5-2-11-34(38)40(35-12-3-6-15-39(35)43)27-19-25-18-26(21-27)22-28(40)20-25;21-19(22)15-9-3-6-12-18(15)20-16-10-4-1-7-13(16)14-8-2-5-11-17(14)20/h1-29,35-38,40-41H,30-34H2;1-17,23-28H,18-22H2;1-12,21-22H. The molecule has 126 heavy (non-hydrogen) atoms. The van der Waals surface area contributed by atoms with Crippen molar-refractivity contribution < 1.29 is 10.0 Å². The first-order valence-electron chi connectivity index (χ1n) is 45.6. The number of rotatable bonds is 8. The smallest absolute Gasteiger partial charge is 0.423 e. The van der Waals surface area contributed by atoms with Crippen LogP contribution in [0.25, 0.3) is 121 Å². The highest BCUT2D eigenvalue weighted by Crippen LogP contribution is 2.72. The summed E-state index contributed by atoms with van der Waals surface area (Å²) in [5.41, 5.74) is 31.1. The zero-order valence-electron chi connectivity index (χ0n) is 70.0. The number of benzene rings is 16. The quantitative estimate of drug-likeness (QED) is 0.149. The van der Waals surface area contributed by atoms with Gasteiger partial charge >= 0.3 is 7.12 Å². The van der Waals surface area contributed by atoms with Crippen molar-refractivity contribution in [2.45, 2.75) is 75.0 Å². The number of fused-ring (bicyclic) bond motifs is 16. The molecule has 8 nitrogen and oxygen atoms in total. The van der Waals surface area contributed by atoms with Crippen LogP contribution in [0.4, 0.5) is 34.1 Å². The van der Waals surface area contributed by atoms with Gasteiger partial charge < -0.3 is 38.1 Å². The fourth-order valence-electron chi connectivity index (χ4n) is 27.2. The maximum atomic E-state index is 9.69. The lowest BCUT2D eigenvalue weighted by molar-refractivity contribution is -0.0419. The Labute approximate surface area is 741 Å². The van der Waals surface area contributed by atoms with Crippen LogP contribution in [0.1, 0.15) is 86.5 Å². The Hall–Kier alpha value is -13.2. The first-order valence-corrected chi connectivity index (χ1v) is 46.4. The molecule has 0 unspecified atom stereocenters. The normalized spacial score (nSPS) is 20.4. The van der Waals surface area contributed by atoms with Crippen molar-refractivity contribution in [1.82, 2.24) is 18.3 Å². The maximum Gasteiger partial charge on any atom is 0.490 e. The third-order valence-electron chi connectivity index (χ3n) is 31.3. The molecule has 16 aromatic carbocycles. The Morgan fingerprint density at radius 3 is 0.929 bits per heavy atom. The van der Waals surface area contributed by atoms with E-state index in [9.17, 15) is 10.0 Å². The van der Waals surface area contributed by atoms with Crippen LogP contribution in [0.15, 0.2) is 381 Å². The monoisotopic (exact) mass is 1690 g/mol. The van der Waals surface area contributed by atoms with Gasteiger partial charge in [-0.25, -0.2) is 0 Å². The number of anilines is 6. The molecule has 10 aliphatic rings. The molecule has 8 bridgehead atoms. The van der Waals surface area contributed by atoms with Gasteiger partial charge in [0, 0.05) is 97.9 Å². The molecule has 8 saturated carbocycles. The van der Waals surface area contributed by atoms with E-state index in [4.69, 9.17) is 0 Å². The summed E-state index contributed by atoms with van der Waals surface area (Å²) in [4.78, 5) is 5.17. The summed E-state index contributed by atoms with van der Waals surface area (Å²) in [5, 5.41) is 29.4. The summed E-state index contributed by atoms with van der Waals surface area (Å²) < 4.78 is 10.5. The molecular weight excluding hydrogens is 1600 g/mol. The van der Waals surface area contributed by atoms with Crippen LogP contribution in [0.2, 0.25) is 0 Å². The molecule has 2 aliphatic heterocycles. The van der Waals surface area contributed by atoms with Gasteiger partial charge in [-0.2, -0.15) is 0 Å². The fourth-order valence-corrected chi connectivity index (χ4v) is 27.6. The molecule has 0 amide bonds. The maximum absolute atomic E-state index is 9.69. The Morgan fingerprint density at radius 1 is 0.238 bits per heavy atom. The van der Waals surface area contributed by atoms with Gasteiger partial charge in [-0.1, -0.05) is 253 Å². The molecule has 0 radical (unpaired) electrons. The molecule has 6 heterocycles. The van der Waals surface area contributed by atoms with Gasteiger partial charge in [-0.05, 0) is 279 Å². The molecule has 608 valence electrons. The predicted octanol–water partition coefficient (Wildman–Crippen LogP) is 28.6. The average molecular weight is 1690 g/mol. The van der Waals surface area contributed by atoms with E-state index in [1.165, 1.54) is 186 Å². The lowest BCUT2D eigenvalue weighted by Gasteiger charge is -2.64. The van der Waals surface area contributed by atoms with Gasteiger partial charge in [0.25, 0.3) is 0 Å². The van der Waals surface area contributed by atoms with Crippen molar-refractivity contribution >= 4 is 150 Å². The van der Waals surface area contributed by atoms with Gasteiger partial charge in [-0.15, -0.1) is 0 Å². The molecule has 8 fully saturated rings. The lowest BCUT2D eigenvalue weighted by atomic mass is 9.41. The second-order valence-electron chi connectivity index (χ2n) is 37.4. The van der Waals surface area contributed by atoms with Crippen molar-refractivity contribution in [3.63, 3.8) is 0 Å². The number of hydrogen-bond donors (Lipinski definition) is 2. The van der Waals surface area contributed by atoms with Crippen LogP contribution >= 0.6 is 15.9 Å². The van der Waals surface area contributed by atoms with Crippen LogP contribution < -0.4 is 15.3 Å². The van der Waals surface area contributed by atoms with E-state index < -0.39 is 7.12 Å². The Kier molecular flexibility index (Phi) is 17.0. The number of aromatic nitrogens is 4. The van der Waals surface area contributed by atoms with Gasteiger partial charge in [0.2, 0.25) is 0 Å². The van der Waals surface area contributed by atoms with Crippen molar-refractivity contribution in [2.24, 2.45) is 47.3 Å². The molecular formula is C116H92BBrN6O2. The van der Waals surface area contributed by atoms with Crippen LogP contribution in [0, 0.1) is 47.3 Å². The van der Waals surface area contributed by atoms with Gasteiger partial charge in [0.15, 0.2) is 0 Å². The topological polar surface area (TPSA) is 66.7 Å². The highest BCUT2D eigenvalue weighted by Gasteiger charge is 2.63. The molecule has 10 heteroatoms. The van der Waals surface area contributed by atoms with Crippen LogP contribution in [-0.2, 0) is 10.8 Å². The average Bonchev–Trinajstić information content (AvgIpc) is 0.998. The van der Waals surface area contributed by atoms with Crippen LogP contribution in [0.3, 0.4) is 0 Å². The first-order chi connectivity index (χ1) is 62.2. The van der Waals surface area contributed by atoms with E-state index in [0.29, 0.717) is 5.46 Å². The molecule has 4 aromatic heterocycles. The second kappa shape index (κ2) is 28.9. The highest BCUT2D eigenvalue weighted by molar-refractivity contribution is 9.10. The minimum absolute atomic E-state index is 0.0996. The highest BCUT2D eigenvalue weighted by atomic mass is 79.9. The van der Waals surface area contributed by atoms with Crippen molar-refractivity contribution in [3.05, 3.63) is 403 Å². The van der Waals surface area contributed by atoms with Crippen LogP contribution in [-0.4, -0.2) is 35.4 Å². The Balaban J connectivity index is 0.000000112. The minimum Gasteiger partial charge on any atom is -0.423 e. The summed E-state index contributed by atoms with van der Waals surface area (Å²) in [6.45, 7) is 0. The van der Waals surface area contributed by atoms with E-state index in [0.717, 1.165) is 85.0 Å². The van der Waals surface area contributed by atoms with E-state index in [-0.39, 0.29) is 10.8 Å². The molecule has 30 rings (SSSR count). The summed E-state index contributed by atoms with van der Waals surface area (Å²) in [7, 11) is -1.50. The minimum atomic E-state index is -1.50. The lowest BCUT2D eigenvalue weighted by Crippen LogP contribution is -2.57.